The Labute approximate surface area is 124 Å². The Bertz CT molecular complexity index is 700. The molecule has 0 spiro atoms. The van der Waals surface area contributed by atoms with E-state index in [2.05, 4.69) is 5.32 Å². The van der Waals surface area contributed by atoms with Crippen LogP contribution in [0.1, 0.15) is 12.0 Å². The van der Waals surface area contributed by atoms with Crippen LogP contribution in [0.3, 0.4) is 0 Å². The number of anilines is 1. The third-order valence-electron chi connectivity index (χ3n) is 3.55. The van der Waals surface area contributed by atoms with Gasteiger partial charge in [-0.15, -0.1) is 0 Å². The Morgan fingerprint density at radius 2 is 1.81 bits per heavy atom. The minimum Gasteiger partial charge on any atom is -0.325 e. The quantitative estimate of drug-likeness (QED) is 0.927. The maximum atomic E-state index is 12.9. The van der Waals surface area contributed by atoms with Crippen LogP contribution in [0.15, 0.2) is 53.4 Å². The molecule has 0 radical (unpaired) electrons. The molecule has 0 bridgehead atoms. The second-order valence-corrected chi connectivity index (χ2v) is 6.56. The highest BCUT2D eigenvalue weighted by atomic mass is 32.2. The molecule has 1 amide bonds. The number of nitrogens with one attached hydrogen (secondary N) is 1. The molecule has 3 rings (SSSR count). The van der Waals surface area contributed by atoms with Crippen LogP contribution in [0.25, 0.3) is 0 Å². The van der Waals surface area contributed by atoms with E-state index in [0.29, 0.717) is 17.7 Å². The van der Waals surface area contributed by atoms with Crippen LogP contribution in [-0.2, 0) is 22.0 Å². The van der Waals surface area contributed by atoms with Crippen molar-refractivity contribution in [3.8, 4) is 0 Å². The lowest BCUT2D eigenvalue weighted by atomic mass is 10.1. The first kappa shape index (κ1) is 13.9. The molecule has 2 atom stereocenters. The molecule has 21 heavy (non-hydrogen) atoms. The average molecular weight is 303 g/mol. The lowest BCUT2D eigenvalue weighted by Gasteiger charge is -2.13. The van der Waals surface area contributed by atoms with Gasteiger partial charge >= 0.3 is 0 Å². The topological polar surface area (TPSA) is 46.2 Å². The Balaban J connectivity index is 1.85. The smallest absolute Gasteiger partial charge is 0.240 e. The van der Waals surface area contributed by atoms with Crippen molar-refractivity contribution in [2.75, 3.05) is 5.32 Å². The van der Waals surface area contributed by atoms with Crippen LogP contribution in [0.5, 0.6) is 0 Å². The molecule has 5 heteroatoms. The van der Waals surface area contributed by atoms with E-state index >= 15 is 0 Å². The number of hydrogen-bond donors (Lipinski definition) is 1. The summed E-state index contributed by atoms with van der Waals surface area (Å²) in [6.07, 6.45) is 1.19. The minimum absolute atomic E-state index is 0.248. The third kappa shape index (κ3) is 2.88. The molecular formula is C16H14FNO2S. The van der Waals surface area contributed by atoms with Crippen molar-refractivity contribution in [2.24, 2.45) is 0 Å². The van der Waals surface area contributed by atoms with Gasteiger partial charge in [-0.05, 0) is 48.7 Å². The molecule has 0 saturated carbocycles. The number of benzene rings is 2. The van der Waals surface area contributed by atoms with Crippen molar-refractivity contribution in [1.29, 1.82) is 0 Å². The van der Waals surface area contributed by atoms with Gasteiger partial charge in [0.2, 0.25) is 5.91 Å². The molecule has 1 heterocycles. The molecule has 2 aromatic carbocycles. The van der Waals surface area contributed by atoms with Gasteiger partial charge < -0.3 is 5.32 Å². The predicted molar refractivity (Wildman–Crippen MR) is 80.0 cm³/mol. The minimum atomic E-state index is -1.49. The second kappa shape index (κ2) is 5.77. The van der Waals surface area contributed by atoms with E-state index in [4.69, 9.17) is 0 Å². The molecule has 1 aliphatic heterocycles. The summed E-state index contributed by atoms with van der Waals surface area (Å²) in [5, 5.41) is 2.21. The Morgan fingerprint density at radius 1 is 1.10 bits per heavy atom. The van der Waals surface area contributed by atoms with Gasteiger partial charge in [0.15, 0.2) is 0 Å². The molecule has 0 saturated heterocycles. The largest absolute Gasteiger partial charge is 0.325 e. The highest BCUT2D eigenvalue weighted by Gasteiger charge is 2.29. The van der Waals surface area contributed by atoms with Crippen molar-refractivity contribution >= 4 is 22.4 Å². The summed E-state index contributed by atoms with van der Waals surface area (Å²) in [4.78, 5) is 12.8. The fourth-order valence-corrected chi connectivity index (χ4v) is 3.75. The fraction of sp³-hybridized carbons (Fsp3) is 0.188. The molecule has 3 nitrogen and oxygen atoms in total. The lowest BCUT2D eigenvalue weighted by Crippen LogP contribution is -2.30. The van der Waals surface area contributed by atoms with E-state index in [1.807, 2.05) is 24.3 Å². The van der Waals surface area contributed by atoms with Crippen LogP contribution >= 0.6 is 0 Å². The Kier molecular flexibility index (Phi) is 3.84. The highest BCUT2D eigenvalue weighted by Crippen LogP contribution is 2.25. The number of para-hydroxylation sites is 1. The van der Waals surface area contributed by atoms with Crippen LogP contribution in [0.4, 0.5) is 10.1 Å². The van der Waals surface area contributed by atoms with Gasteiger partial charge in [0, 0.05) is 10.6 Å². The molecule has 108 valence electrons. The van der Waals surface area contributed by atoms with Crippen LogP contribution in [0.2, 0.25) is 0 Å². The molecular weight excluding hydrogens is 289 g/mol. The number of halogens is 1. The van der Waals surface area contributed by atoms with E-state index in [-0.39, 0.29) is 11.7 Å². The normalized spacial score (nSPS) is 19.3. The molecule has 2 unspecified atom stereocenters. The monoisotopic (exact) mass is 303 g/mol. The first-order valence-electron chi connectivity index (χ1n) is 6.70. The summed E-state index contributed by atoms with van der Waals surface area (Å²) in [6, 6.07) is 13.0. The zero-order valence-corrected chi connectivity index (χ0v) is 12.0. The summed E-state index contributed by atoms with van der Waals surface area (Å²) in [5.74, 6) is -0.629. The van der Waals surface area contributed by atoms with Gasteiger partial charge in [-0.1, -0.05) is 18.2 Å². The summed E-state index contributed by atoms with van der Waals surface area (Å²) < 4.78 is 25.5. The summed E-state index contributed by atoms with van der Waals surface area (Å²) in [5.41, 5.74) is 1.82. The van der Waals surface area contributed by atoms with Gasteiger partial charge in [0.1, 0.15) is 11.1 Å². The number of fused-ring (bicyclic) bond motifs is 1. The first-order valence-corrected chi connectivity index (χ1v) is 7.91. The van der Waals surface area contributed by atoms with Crippen molar-refractivity contribution in [1.82, 2.24) is 0 Å². The third-order valence-corrected chi connectivity index (χ3v) is 5.25. The number of hydrogen-bond acceptors (Lipinski definition) is 2. The summed E-state index contributed by atoms with van der Waals surface area (Å²) in [7, 11) is -1.49. The zero-order valence-electron chi connectivity index (χ0n) is 11.2. The van der Waals surface area contributed by atoms with Crippen LogP contribution in [0, 0.1) is 5.82 Å². The second-order valence-electron chi connectivity index (χ2n) is 4.93. The average Bonchev–Trinajstić information content (AvgIpc) is 2.65. The lowest BCUT2D eigenvalue weighted by molar-refractivity contribution is -0.115. The number of rotatable bonds is 2. The molecule has 1 N–H and O–H groups in total. The molecule has 0 fully saturated rings. The summed E-state index contributed by atoms with van der Waals surface area (Å²) >= 11 is 0. The van der Waals surface area contributed by atoms with Crippen LogP contribution < -0.4 is 5.32 Å². The summed E-state index contributed by atoms with van der Waals surface area (Å²) in [6.45, 7) is 0. The first-order chi connectivity index (χ1) is 10.1. The standard InChI is InChI=1S/C16H14FNO2S/c17-12-6-8-13(9-7-12)21(20)15-10-5-11-3-1-2-4-14(11)18-16(15)19/h1-4,6-9,15H,5,10H2,(H,18,19). The highest BCUT2D eigenvalue weighted by molar-refractivity contribution is 7.86. The van der Waals surface area contributed by atoms with Gasteiger partial charge in [-0.25, -0.2) is 4.39 Å². The van der Waals surface area contributed by atoms with E-state index in [1.54, 1.807) is 0 Å². The van der Waals surface area contributed by atoms with Gasteiger partial charge in [0.25, 0.3) is 0 Å². The molecule has 0 aliphatic carbocycles. The molecule has 0 aromatic heterocycles. The van der Waals surface area contributed by atoms with E-state index < -0.39 is 16.0 Å². The van der Waals surface area contributed by atoms with Crippen LogP contribution in [-0.4, -0.2) is 15.4 Å². The number of carbonyl (C=O) groups is 1. The van der Waals surface area contributed by atoms with Gasteiger partial charge in [0.05, 0.1) is 10.8 Å². The van der Waals surface area contributed by atoms with E-state index in [9.17, 15) is 13.4 Å². The maximum absolute atomic E-state index is 12.9. The Hall–Kier alpha value is -2.01. The Morgan fingerprint density at radius 3 is 2.57 bits per heavy atom. The molecule has 1 aliphatic rings. The van der Waals surface area contributed by atoms with Gasteiger partial charge in [-0.3, -0.25) is 9.00 Å². The predicted octanol–water partition coefficient (Wildman–Crippen LogP) is 2.89. The van der Waals surface area contributed by atoms with E-state index in [0.717, 1.165) is 11.3 Å². The van der Waals surface area contributed by atoms with Crippen molar-refractivity contribution < 1.29 is 13.4 Å². The number of aryl methyl sites for hydroxylation is 1. The van der Waals surface area contributed by atoms with Crippen molar-refractivity contribution in [3.63, 3.8) is 0 Å². The fourth-order valence-electron chi connectivity index (χ4n) is 2.43. The maximum Gasteiger partial charge on any atom is 0.240 e. The van der Waals surface area contributed by atoms with Crippen molar-refractivity contribution in [2.45, 2.75) is 23.0 Å². The van der Waals surface area contributed by atoms with Gasteiger partial charge in [-0.2, -0.15) is 0 Å². The number of amides is 1. The zero-order chi connectivity index (χ0) is 14.8. The van der Waals surface area contributed by atoms with E-state index in [1.165, 1.54) is 24.3 Å². The van der Waals surface area contributed by atoms with Crippen molar-refractivity contribution in [3.05, 3.63) is 59.9 Å². The number of carbonyl (C=O) groups excluding carboxylic acids is 1. The SMILES string of the molecule is O=C1Nc2ccccc2CCC1S(=O)c1ccc(F)cc1. The molecule has 2 aromatic rings.